The minimum atomic E-state index is -0.948. The summed E-state index contributed by atoms with van der Waals surface area (Å²) in [5.41, 5.74) is -0.602. The van der Waals surface area contributed by atoms with Gasteiger partial charge in [0.2, 0.25) is 0 Å². The number of aliphatic carboxylic acids is 1. The highest BCUT2D eigenvalue weighted by molar-refractivity contribution is 5.80. The van der Waals surface area contributed by atoms with Crippen LogP contribution in [0.4, 0.5) is 4.79 Å². The molecule has 5 heteroatoms. The Kier molecular flexibility index (Phi) is 4.82. The van der Waals surface area contributed by atoms with E-state index in [4.69, 9.17) is 4.74 Å². The van der Waals surface area contributed by atoms with Gasteiger partial charge in [-0.05, 0) is 45.4 Å². The van der Waals surface area contributed by atoms with Crippen molar-refractivity contribution in [1.29, 1.82) is 0 Å². The molecule has 1 fully saturated rings. The lowest BCUT2D eigenvalue weighted by Gasteiger charge is -2.39. The number of nitrogens with zero attached hydrogens (tertiary/aromatic N) is 1. The summed E-state index contributed by atoms with van der Waals surface area (Å²) < 4.78 is 5.28. The van der Waals surface area contributed by atoms with Gasteiger partial charge in [0.25, 0.3) is 0 Å². The largest absolute Gasteiger partial charge is 0.480 e. The monoisotopic (exact) mass is 271 g/mol. The molecule has 0 aromatic heterocycles. The standard InChI is InChI=1S/C14H25NO4/c1-9(2)10-6-7-15(11(8-10)12(16)17)13(18)19-14(3,4)5/h9-11H,6-8H2,1-5H3,(H,16,17)/t10-,11-/m0/s1. The smallest absolute Gasteiger partial charge is 0.411 e. The molecule has 5 nitrogen and oxygen atoms in total. The van der Waals surface area contributed by atoms with Crippen molar-refractivity contribution in [2.24, 2.45) is 11.8 Å². The Morgan fingerprint density at radius 3 is 2.32 bits per heavy atom. The number of rotatable bonds is 2. The first-order chi connectivity index (χ1) is 8.61. The zero-order valence-corrected chi connectivity index (χ0v) is 12.5. The van der Waals surface area contributed by atoms with Gasteiger partial charge in [0.15, 0.2) is 0 Å². The lowest BCUT2D eigenvalue weighted by atomic mass is 9.83. The quantitative estimate of drug-likeness (QED) is 0.838. The number of piperidine rings is 1. The maximum absolute atomic E-state index is 12.0. The molecule has 2 atom stereocenters. The van der Waals surface area contributed by atoms with Crippen LogP contribution in [0.1, 0.15) is 47.5 Å². The normalized spacial score (nSPS) is 24.4. The number of carbonyl (C=O) groups is 2. The van der Waals surface area contributed by atoms with E-state index in [1.807, 2.05) is 0 Å². The molecule has 0 bridgehead atoms. The Hall–Kier alpha value is -1.26. The van der Waals surface area contributed by atoms with Crippen molar-refractivity contribution in [2.45, 2.75) is 59.1 Å². The molecule has 1 amide bonds. The predicted molar refractivity (Wildman–Crippen MR) is 71.9 cm³/mol. The number of likely N-dealkylation sites (tertiary alicyclic amines) is 1. The molecule has 0 aromatic rings. The highest BCUT2D eigenvalue weighted by Gasteiger charge is 2.38. The van der Waals surface area contributed by atoms with Gasteiger partial charge in [-0.2, -0.15) is 0 Å². The third kappa shape index (κ3) is 4.40. The second kappa shape index (κ2) is 5.80. The molecule has 0 saturated carbocycles. The number of carboxylic acids is 1. The summed E-state index contributed by atoms with van der Waals surface area (Å²) in [5, 5.41) is 9.31. The van der Waals surface area contributed by atoms with E-state index >= 15 is 0 Å². The average molecular weight is 271 g/mol. The van der Waals surface area contributed by atoms with E-state index in [0.717, 1.165) is 6.42 Å². The van der Waals surface area contributed by atoms with Crippen molar-refractivity contribution >= 4 is 12.1 Å². The zero-order chi connectivity index (χ0) is 14.8. The number of ether oxygens (including phenoxy) is 1. The molecule has 0 spiro atoms. The summed E-state index contributed by atoms with van der Waals surface area (Å²) >= 11 is 0. The third-order valence-electron chi connectivity index (χ3n) is 3.50. The maximum atomic E-state index is 12.0. The first-order valence-corrected chi connectivity index (χ1v) is 6.84. The molecule has 1 aliphatic rings. The molecule has 0 radical (unpaired) electrons. The van der Waals surface area contributed by atoms with Crippen LogP contribution in [0, 0.1) is 11.8 Å². The minimum absolute atomic E-state index is 0.347. The van der Waals surface area contributed by atoms with Crippen molar-refractivity contribution in [1.82, 2.24) is 4.90 Å². The number of carbonyl (C=O) groups excluding carboxylic acids is 1. The lowest BCUT2D eigenvalue weighted by Crippen LogP contribution is -2.52. The SMILES string of the molecule is CC(C)[C@H]1CCN(C(=O)OC(C)(C)C)[C@H](C(=O)O)C1. The second-order valence-corrected chi connectivity index (χ2v) is 6.56. The number of carboxylic acid groups (broad SMARTS) is 1. The Morgan fingerprint density at radius 1 is 1.32 bits per heavy atom. The molecular weight excluding hydrogens is 246 g/mol. The molecule has 0 aliphatic carbocycles. The molecule has 1 N–H and O–H groups in total. The first-order valence-electron chi connectivity index (χ1n) is 6.84. The van der Waals surface area contributed by atoms with Crippen molar-refractivity contribution in [3.05, 3.63) is 0 Å². The first kappa shape index (κ1) is 15.8. The lowest BCUT2D eigenvalue weighted by molar-refractivity contribution is -0.145. The van der Waals surface area contributed by atoms with Gasteiger partial charge in [0.05, 0.1) is 0 Å². The van der Waals surface area contributed by atoms with Crippen LogP contribution in [0.3, 0.4) is 0 Å². The summed E-state index contributed by atoms with van der Waals surface area (Å²) in [6.07, 6.45) is 0.814. The summed E-state index contributed by atoms with van der Waals surface area (Å²) in [6, 6.07) is -0.768. The van der Waals surface area contributed by atoms with E-state index in [1.165, 1.54) is 4.90 Å². The van der Waals surface area contributed by atoms with Crippen LogP contribution in [0.25, 0.3) is 0 Å². The van der Waals surface area contributed by atoms with Crippen LogP contribution in [0.15, 0.2) is 0 Å². The van der Waals surface area contributed by atoms with Crippen molar-refractivity contribution in [2.75, 3.05) is 6.54 Å². The van der Waals surface area contributed by atoms with Gasteiger partial charge >= 0.3 is 12.1 Å². The average Bonchev–Trinajstić information content (AvgIpc) is 2.25. The molecule has 0 aromatic carbocycles. The molecule has 1 heterocycles. The van der Waals surface area contributed by atoms with Gasteiger partial charge in [-0.3, -0.25) is 4.90 Å². The van der Waals surface area contributed by atoms with Crippen molar-refractivity contribution < 1.29 is 19.4 Å². The van der Waals surface area contributed by atoms with E-state index in [2.05, 4.69) is 13.8 Å². The molecule has 19 heavy (non-hydrogen) atoms. The van der Waals surface area contributed by atoms with Crippen LogP contribution in [-0.4, -0.2) is 40.3 Å². The van der Waals surface area contributed by atoms with Gasteiger partial charge < -0.3 is 9.84 Å². The molecule has 1 aliphatic heterocycles. The summed E-state index contributed by atoms with van der Waals surface area (Å²) in [5.74, 6) is -0.168. The molecule has 1 saturated heterocycles. The van der Waals surface area contributed by atoms with E-state index < -0.39 is 23.7 Å². The minimum Gasteiger partial charge on any atom is -0.480 e. The summed E-state index contributed by atoms with van der Waals surface area (Å²) in [6.45, 7) is 9.97. The van der Waals surface area contributed by atoms with Gasteiger partial charge in [0, 0.05) is 6.54 Å². The molecule has 1 rings (SSSR count). The van der Waals surface area contributed by atoms with Crippen molar-refractivity contribution in [3.63, 3.8) is 0 Å². The van der Waals surface area contributed by atoms with E-state index in [-0.39, 0.29) is 0 Å². The van der Waals surface area contributed by atoms with Crippen LogP contribution in [-0.2, 0) is 9.53 Å². The fourth-order valence-electron chi connectivity index (χ4n) is 2.37. The Bertz CT molecular complexity index is 346. The van der Waals surface area contributed by atoms with Crippen LogP contribution in [0.5, 0.6) is 0 Å². The van der Waals surface area contributed by atoms with Gasteiger partial charge in [0.1, 0.15) is 11.6 Å². The van der Waals surface area contributed by atoms with E-state index in [9.17, 15) is 14.7 Å². The molecule has 0 unspecified atom stereocenters. The molecule has 110 valence electrons. The Morgan fingerprint density at radius 2 is 1.89 bits per heavy atom. The van der Waals surface area contributed by atoms with E-state index in [1.54, 1.807) is 20.8 Å². The van der Waals surface area contributed by atoms with Crippen LogP contribution >= 0.6 is 0 Å². The van der Waals surface area contributed by atoms with Crippen molar-refractivity contribution in [3.8, 4) is 0 Å². The van der Waals surface area contributed by atoms with Gasteiger partial charge in [-0.15, -0.1) is 0 Å². The number of hydrogen-bond acceptors (Lipinski definition) is 3. The fourth-order valence-corrected chi connectivity index (χ4v) is 2.37. The second-order valence-electron chi connectivity index (χ2n) is 6.56. The summed E-state index contributed by atoms with van der Waals surface area (Å²) in [4.78, 5) is 24.8. The third-order valence-corrected chi connectivity index (χ3v) is 3.50. The topological polar surface area (TPSA) is 66.8 Å². The predicted octanol–water partition coefficient (Wildman–Crippen LogP) is 2.74. The Labute approximate surface area is 114 Å². The van der Waals surface area contributed by atoms with Crippen LogP contribution in [0.2, 0.25) is 0 Å². The van der Waals surface area contributed by atoms with Crippen LogP contribution < -0.4 is 0 Å². The molecular formula is C14H25NO4. The van der Waals surface area contributed by atoms with E-state index in [0.29, 0.717) is 24.8 Å². The summed E-state index contributed by atoms with van der Waals surface area (Å²) in [7, 11) is 0. The zero-order valence-electron chi connectivity index (χ0n) is 12.5. The number of hydrogen-bond donors (Lipinski definition) is 1. The maximum Gasteiger partial charge on any atom is 0.411 e. The Balaban J connectivity index is 2.77. The van der Waals surface area contributed by atoms with Gasteiger partial charge in [-0.25, -0.2) is 9.59 Å². The van der Waals surface area contributed by atoms with Gasteiger partial charge in [-0.1, -0.05) is 13.8 Å². The highest BCUT2D eigenvalue weighted by Crippen LogP contribution is 2.29. The number of amides is 1. The highest BCUT2D eigenvalue weighted by atomic mass is 16.6. The fraction of sp³-hybridized carbons (Fsp3) is 0.857.